The smallest absolute Gasteiger partial charge is 0.374 e. The van der Waals surface area contributed by atoms with Crippen molar-refractivity contribution in [2.45, 2.75) is 40.0 Å². The summed E-state index contributed by atoms with van der Waals surface area (Å²) in [6, 6.07) is 0. The van der Waals surface area contributed by atoms with E-state index in [4.69, 9.17) is 0 Å². The third kappa shape index (κ3) is 6.40. The largest absolute Gasteiger partial charge is 0.460 e. The molecular weight excluding hydrogens is 180 g/mol. The van der Waals surface area contributed by atoms with Gasteiger partial charge in [0.1, 0.15) is 0 Å². The van der Waals surface area contributed by atoms with Crippen LogP contribution in [0.15, 0.2) is 11.6 Å². The molecule has 0 unspecified atom stereocenters. The maximum Gasteiger partial charge on any atom is 0.374 e. The maximum absolute atomic E-state index is 11.1. The van der Waals surface area contributed by atoms with Crippen LogP contribution in [0.25, 0.3) is 0 Å². The van der Waals surface area contributed by atoms with Crippen LogP contribution in [0.4, 0.5) is 0 Å². The highest BCUT2D eigenvalue weighted by molar-refractivity contribution is 6.33. The van der Waals surface area contributed by atoms with Crippen molar-refractivity contribution in [3.8, 4) is 0 Å². The van der Waals surface area contributed by atoms with Gasteiger partial charge < -0.3 is 4.74 Å². The monoisotopic (exact) mass is 198 g/mol. The molecule has 0 aromatic carbocycles. The van der Waals surface area contributed by atoms with Gasteiger partial charge in [0, 0.05) is 6.42 Å². The third-order valence-corrected chi connectivity index (χ3v) is 1.66. The number of ketones is 1. The van der Waals surface area contributed by atoms with Crippen molar-refractivity contribution in [2.75, 3.05) is 6.61 Å². The standard InChI is InChI=1S/C11H18O3/c1-4-14-11(13)10(12)8-6-5-7-9(2)3/h7H,4-6,8H2,1-3H3. The Morgan fingerprint density at radius 2 is 1.93 bits per heavy atom. The number of hydrogen-bond acceptors (Lipinski definition) is 3. The van der Waals surface area contributed by atoms with E-state index < -0.39 is 11.8 Å². The Balaban J connectivity index is 3.64. The summed E-state index contributed by atoms with van der Waals surface area (Å²) in [7, 11) is 0. The molecule has 0 aromatic heterocycles. The van der Waals surface area contributed by atoms with Crippen molar-refractivity contribution in [3.63, 3.8) is 0 Å². The number of esters is 1. The summed E-state index contributed by atoms with van der Waals surface area (Å²) in [6.07, 6.45) is 3.89. The molecule has 3 nitrogen and oxygen atoms in total. The topological polar surface area (TPSA) is 43.4 Å². The van der Waals surface area contributed by atoms with Crippen molar-refractivity contribution in [3.05, 3.63) is 11.6 Å². The van der Waals surface area contributed by atoms with Crippen LogP contribution in [-0.2, 0) is 14.3 Å². The van der Waals surface area contributed by atoms with Crippen LogP contribution in [0.1, 0.15) is 40.0 Å². The zero-order chi connectivity index (χ0) is 11.0. The summed E-state index contributed by atoms with van der Waals surface area (Å²) in [5.41, 5.74) is 1.23. The summed E-state index contributed by atoms with van der Waals surface area (Å²) in [5, 5.41) is 0. The van der Waals surface area contributed by atoms with Crippen molar-refractivity contribution in [1.82, 2.24) is 0 Å². The average molecular weight is 198 g/mol. The van der Waals surface area contributed by atoms with Crippen molar-refractivity contribution >= 4 is 11.8 Å². The van der Waals surface area contributed by atoms with Gasteiger partial charge in [-0.3, -0.25) is 4.79 Å². The van der Waals surface area contributed by atoms with Crippen LogP contribution in [0.2, 0.25) is 0 Å². The first kappa shape index (κ1) is 12.9. The van der Waals surface area contributed by atoms with E-state index in [9.17, 15) is 9.59 Å². The van der Waals surface area contributed by atoms with Crippen molar-refractivity contribution in [1.29, 1.82) is 0 Å². The first-order valence-electron chi connectivity index (χ1n) is 4.91. The van der Waals surface area contributed by atoms with Crippen LogP contribution >= 0.6 is 0 Å². The van der Waals surface area contributed by atoms with Crippen LogP contribution in [-0.4, -0.2) is 18.4 Å². The number of hydrogen-bond donors (Lipinski definition) is 0. The molecule has 0 bridgehead atoms. The second kappa shape index (κ2) is 7.30. The Labute approximate surface area is 85.1 Å². The molecule has 3 heteroatoms. The van der Waals surface area contributed by atoms with Crippen LogP contribution in [0.5, 0.6) is 0 Å². The fourth-order valence-corrected chi connectivity index (χ4v) is 0.967. The molecule has 0 aromatic rings. The van der Waals surface area contributed by atoms with Gasteiger partial charge in [0.2, 0.25) is 5.78 Å². The van der Waals surface area contributed by atoms with Gasteiger partial charge in [-0.1, -0.05) is 11.6 Å². The second-order valence-electron chi connectivity index (χ2n) is 3.32. The number of Topliss-reactive ketones (excluding diaryl/α,β-unsaturated/α-hetero) is 1. The fraction of sp³-hybridized carbons (Fsp3) is 0.636. The van der Waals surface area contributed by atoms with Crippen LogP contribution in [0, 0.1) is 0 Å². The van der Waals surface area contributed by atoms with E-state index in [0.717, 1.165) is 6.42 Å². The van der Waals surface area contributed by atoms with E-state index in [2.05, 4.69) is 10.8 Å². The minimum absolute atomic E-state index is 0.262. The Bertz CT molecular complexity index is 225. The zero-order valence-corrected chi connectivity index (χ0v) is 9.13. The first-order chi connectivity index (χ1) is 6.57. The van der Waals surface area contributed by atoms with E-state index in [1.54, 1.807) is 6.92 Å². The van der Waals surface area contributed by atoms with Gasteiger partial charge in [0.25, 0.3) is 0 Å². The SMILES string of the molecule is CCOC(=O)C(=O)CCCC=C(C)C. The lowest BCUT2D eigenvalue weighted by Crippen LogP contribution is -2.16. The number of allylic oxidation sites excluding steroid dienone is 2. The lowest BCUT2D eigenvalue weighted by molar-refractivity contribution is -0.153. The summed E-state index contributed by atoms with van der Waals surface area (Å²) in [4.78, 5) is 22.0. The molecule has 0 rings (SSSR count). The third-order valence-electron chi connectivity index (χ3n) is 1.66. The quantitative estimate of drug-likeness (QED) is 0.284. The minimum atomic E-state index is -0.704. The molecule has 0 aliphatic heterocycles. The number of ether oxygens (including phenoxy) is 1. The molecule has 0 aliphatic carbocycles. The first-order valence-corrected chi connectivity index (χ1v) is 4.91. The second-order valence-corrected chi connectivity index (χ2v) is 3.32. The Morgan fingerprint density at radius 3 is 2.43 bits per heavy atom. The molecule has 0 atom stereocenters. The van der Waals surface area contributed by atoms with E-state index in [0.29, 0.717) is 6.42 Å². The summed E-state index contributed by atoms with van der Waals surface area (Å²) >= 11 is 0. The number of carbonyl (C=O) groups is 2. The summed E-state index contributed by atoms with van der Waals surface area (Å²) in [6.45, 7) is 5.97. The number of carbonyl (C=O) groups excluding carboxylic acids is 2. The van der Waals surface area contributed by atoms with Gasteiger partial charge in [-0.15, -0.1) is 0 Å². The summed E-state index contributed by atoms with van der Waals surface area (Å²) < 4.78 is 4.58. The lowest BCUT2D eigenvalue weighted by atomic mass is 10.1. The van der Waals surface area contributed by atoms with Crippen molar-refractivity contribution in [2.24, 2.45) is 0 Å². The van der Waals surface area contributed by atoms with E-state index >= 15 is 0 Å². The highest BCUT2D eigenvalue weighted by Gasteiger charge is 2.12. The molecule has 0 heterocycles. The predicted octanol–water partition coefficient (Wildman–Crippen LogP) is 2.26. The zero-order valence-electron chi connectivity index (χ0n) is 9.13. The van der Waals surface area contributed by atoms with E-state index in [-0.39, 0.29) is 13.0 Å². The molecule has 0 N–H and O–H groups in total. The van der Waals surface area contributed by atoms with Crippen molar-refractivity contribution < 1.29 is 14.3 Å². The molecule has 80 valence electrons. The molecule has 0 aliphatic rings. The molecule has 14 heavy (non-hydrogen) atoms. The highest BCUT2D eigenvalue weighted by Crippen LogP contribution is 2.02. The Kier molecular flexibility index (Phi) is 6.72. The number of rotatable bonds is 6. The van der Waals surface area contributed by atoms with Gasteiger partial charge in [-0.25, -0.2) is 4.79 Å². The molecule has 0 radical (unpaired) electrons. The minimum Gasteiger partial charge on any atom is -0.460 e. The van der Waals surface area contributed by atoms with Gasteiger partial charge in [-0.05, 0) is 33.6 Å². The van der Waals surface area contributed by atoms with Gasteiger partial charge in [0.15, 0.2) is 0 Å². The fourth-order valence-electron chi connectivity index (χ4n) is 0.967. The summed E-state index contributed by atoms with van der Waals surface area (Å²) in [5.74, 6) is -1.13. The van der Waals surface area contributed by atoms with Crippen LogP contribution < -0.4 is 0 Å². The number of unbranched alkanes of at least 4 members (excludes halogenated alkanes) is 1. The molecular formula is C11H18O3. The maximum atomic E-state index is 11.1. The Morgan fingerprint density at radius 1 is 1.29 bits per heavy atom. The predicted molar refractivity (Wildman–Crippen MR) is 54.9 cm³/mol. The molecule has 0 spiro atoms. The van der Waals surface area contributed by atoms with Crippen LogP contribution in [0.3, 0.4) is 0 Å². The molecule has 0 saturated heterocycles. The normalized spacial score (nSPS) is 9.36. The Hall–Kier alpha value is -1.12. The van der Waals surface area contributed by atoms with Gasteiger partial charge in [-0.2, -0.15) is 0 Å². The van der Waals surface area contributed by atoms with E-state index in [1.807, 2.05) is 13.8 Å². The van der Waals surface area contributed by atoms with Gasteiger partial charge in [0.05, 0.1) is 6.61 Å². The molecule has 0 fully saturated rings. The molecule has 0 saturated carbocycles. The average Bonchev–Trinajstić information content (AvgIpc) is 2.12. The lowest BCUT2D eigenvalue weighted by Gasteiger charge is -1.99. The van der Waals surface area contributed by atoms with Gasteiger partial charge >= 0.3 is 5.97 Å². The highest BCUT2D eigenvalue weighted by atomic mass is 16.5. The molecule has 0 amide bonds. The van der Waals surface area contributed by atoms with E-state index in [1.165, 1.54) is 5.57 Å².